The Bertz CT molecular complexity index is 1020. The molecule has 2 aromatic carbocycles. The van der Waals surface area contributed by atoms with Gasteiger partial charge in [-0.3, -0.25) is 10.1 Å². The standard InChI is InChI=1S/C13H7ClN4O4S/c14-8-1-6-11-12(7-8)16-17-13(15-11)23(21,22)10-4-2-9(3-5-10)18(19)20/h1-7H. The molecular weight excluding hydrogens is 344 g/mol. The van der Waals surface area contributed by atoms with Crippen LogP contribution in [-0.4, -0.2) is 28.5 Å². The van der Waals surface area contributed by atoms with Gasteiger partial charge in [-0.2, -0.15) is 0 Å². The lowest BCUT2D eigenvalue weighted by Gasteiger charge is -2.03. The van der Waals surface area contributed by atoms with E-state index in [4.69, 9.17) is 11.6 Å². The SMILES string of the molecule is O=[N+]([O-])c1ccc(S(=O)(=O)c2nnc3cc(Cl)ccc3n2)cc1. The molecule has 10 heteroatoms. The van der Waals surface area contributed by atoms with E-state index in [1.54, 1.807) is 6.07 Å². The van der Waals surface area contributed by atoms with Gasteiger partial charge in [0.05, 0.1) is 15.3 Å². The van der Waals surface area contributed by atoms with Crippen LogP contribution in [0.3, 0.4) is 0 Å². The van der Waals surface area contributed by atoms with Gasteiger partial charge in [-0.25, -0.2) is 13.4 Å². The third-order valence-electron chi connectivity index (χ3n) is 3.00. The summed E-state index contributed by atoms with van der Waals surface area (Å²) in [5.41, 5.74) is 0.473. The predicted octanol–water partition coefficient (Wildman–Crippen LogP) is 2.42. The van der Waals surface area contributed by atoms with Gasteiger partial charge in [0.15, 0.2) is 0 Å². The number of rotatable bonds is 3. The van der Waals surface area contributed by atoms with E-state index in [2.05, 4.69) is 15.2 Å². The smallest absolute Gasteiger partial charge is 0.258 e. The van der Waals surface area contributed by atoms with Gasteiger partial charge in [-0.05, 0) is 30.3 Å². The van der Waals surface area contributed by atoms with E-state index in [9.17, 15) is 18.5 Å². The van der Waals surface area contributed by atoms with E-state index in [1.165, 1.54) is 12.1 Å². The fourth-order valence-electron chi connectivity index (χ4n) is 1.86. The Balaban J connectivity index is 2.08. The number of halogens is 1. The molecule has 3 aromatic rings. The zero-order valence-electron chi connectivity index (χ0n) is 11.2. The molecule has 0 aliphatic carbocycles. The lowest BCUT2D eigenvalue weighted by Crippen LogP contribution is -2.08. The number of hydrogen-bond donors (Lipinski definition) is 0. The summed E-state index contributed by atoms with van der Waals surface area (Å²) >= 11 is 5.82. The van der Waals surface area contributed by atoms with Crippen molar-refractivity contribution in [1.29, 1.82) is 0 Å². The van der Waals surface area contributed by atoms with Crippen molar-refractivity contribution in [3.05, 3.63) is 57.6 Å². The predicted molar refractivity (Wildman–Crippen MR) is 80.9 cm³/mol. The first-order valence-electron chi connectivity index (χ1n) is 6.17. The molecule has 3 rings (SSSR count). The summed E-state index contributed by atoms with van der Waals surface area (Å²) in [5.74, 6) is 0. The van der Waals surface area contributed by atoms with Crippen LogP contribution in [-0.2, 0) is 9.84 Å². The third-order valence-corrected chi connectivity index (χ3v) is 4.78. The minimum absolute atomic E-state index is 0.154. The maximum atomic E-state index is 12.5. The van der Waals surface area contributed by atoms with Crippen molar-refractivity contribution in [3.8, 4) is 0 Å². The van der Waals surface area contributed by atoms with E-state index < -0.39 is 19.9 Å². The molecule has 0 aliphatic heterocycles. The van der Waals surface area contributed by atoms with Gasteiger partial charge in [0.1, 0.15) is 5.52 Å². The molecule has 0 fully saturated rings. The average Bonchev–Trinajstić information content (AvgIpc) is 2.54. The zero-order chi connectivity index (χ0) is 16.6. The molecule has 0 amide bonds. The van der Waals surface area contributed by atoms with E-state index >= 15 is 0 Å². The van der Waals surface area contributed by atoms with E-state index in [-0.39, 0.29) is 10.6 Å². The van der Waals surface area contributed by atoms with Crippen molar-refractivity contribution in [1.82, 2.24) is 15.2 Å². The van der Waals surface area contributed by atoms with Crippen LogP contribution in [0.5, 0.6) is 0 Å². The highest BCUT2D eigenvalue weighted by Crippen LogP contribution is 2.22. The molecule has 0 saturated heterocycles. The Labute approximate surface area is 134 Å². The normalized spacial score (nSPS) is 11.5. The third kappa shape index (κ3) is 2.83. The van der Waals surface area contributed by atoms with E-state index in [0.717, 1.165) is 24.3 Å². The van der Waals surface area contributed by atoms with Crippen LogP contribution < -0.4 is 0 Å². The molecule has 1 aromatic heterocycles. The monoisotopic (exact) mass is 350 g/mol. The van der Waals surface area contributed by atoms with E-state index in [0.29, 0.717) is 16.1 Å². The van der Waals surface area contributed by atoms with Crippen molar-refractivity contribution in [2.24, 2.45) is 0 Å². The minimum atomic E-state index is -4.02. The van der Waals surface area contributed by atoms with Gasteiger partial charge < -0.3 is 0 Å². The summed E-state index contributed by atoms with van der Waals surface area (Å²) in [6, 6.07) is 9.05. The molecule has 8 nitrogen and oxygen atoms in total. The first kappa shape index (κ1) is 15.3. The summed E-state index contributed by atoms with van der Waals surface area (Å²) < 4.78 is 24.9. The Morgan fingerprint density at radius 3 is 2.35 bits per heavy atom. The Morgan fingerprint density at radius 2 is 1.70 bits per heavy atom. The molecule has 0 atom stereocenters. The molecular formula is C13H7ClN4O4S. The van der Waals surface area contributed by atoms with Gasteiger partial charge in [-0.15, -0.1) is 10.2 Å². The maximum absolute atomic E-state index is 12.5. The van der Waals surface area contributed by atoms with Gasteiger partial charge >= 0.3 is 0 Å². The summed E-state index contributed by atoms with van der Waals surface area (Å²) in [6.45, 7) is 0. The topological polar surface area (TPSA) is 116 Å². The van der Waals surface area contributed by atoms with E-state index in [1.807, 2.05) is 0 Å². The molecule has 116 valence electrons. The number of nitro benzene ring substituents is 1. The lowest BCUT2D eigenvalue weighted by molar-refractivity contribution is -0.384. The Morgan fingerprint density at radius 1 is 1.00 bits per heavy atom. The summed E-state index contributed by atoms with van der Waals surface area (Å²) in [4.78, 5) is 13.8. The molecule has 0 spiro atoms. The summed E-state index contributed by atoms with van der Waals surface area (Å²) in [5, 5.41) is 18.0. The van der Waals surface area contributed by atoms with Crippen LogP contribution in [0.1, 0.15) is 0 Å². The highest BCUT2D eigenvalue weighted by molar-refractivity contribution is 7.91. The second kappa shape index (κ2) is 5.52. The Kier molecular flexibility index (Phi) is 3.66. The highest BCUT2D eigenvalue weighted by Gasteiger charge is 2.23. The Hall–Kier alpha value is -2.65. The lowest BCUT2D eigenvalue weighted by atomic mass is 10.3. The van der Waals surface area contributed by atoms with Gasteiger partial charge in [0, 0.05) is 17.2 Å². The fourth-order valence-corrected chi connectivity index (χ4v) is 3.10. The number of non-ortho nitro benzene ring substituents is 1. The zero-order valence-corrected chi connectivity index (χ0v) is 12.8. The number of hydrogen-bond acceptors (Lipinski definition) is 7. The van der Waals surface area contributed by atoms with Gasteiger partial charge in [0.25, 0.3) is 10.8 Å². The molecule has 0 saturated carbocycles. The molecule has 1 heterocycles. The van der Waals surface area contributed by atoms with Crippen molar-refractivity contribution < 1.29 is 13.3 Å². The molecule has 0 bridgehead atoms. The van der Waals surface area contributed by atoms with Crippen LogP contribution in [0.25, 0.3) is 11.0 Å². The first-order valence-corrected chi connectivity index (χ1v) is 8.03. The van der Waals surface area contributed by atoms with Crippen molar-refractivity contribution in [3.63, 3.8) is 0 Å². The molecule has 0 unspecified atom stereocenters. The molecule has 0 radical (unpaired) electrons. The number of fused-ring (bicyclic) bond motifs is 1. The fraction of sp³-hybridized carbons (Fsp3) is 0. The number of nitrogens with zero attached hydrogens (tertiary/aromatic N) is 4. The van der Waals surface area contributed by atoms with Crippen LogP contribution in [0, 0.1) is 10.1 Å². The molecule has 23 heavy (non-hydrogen) atoms. The number of benzene rings is 2. The van der Waals surface area contributed by atoms with Crippen molar-refractivity contribution >= 4 is 38.2 Å². The van der Waals surface area contributed by atoms with Gasteiger partial charge in [0.2, 0.25) is 9.84 Å². The average molecular weight is 351 g/mol. The second-order valence-electron chi connectivity index (χ2n) is 4.48. The van der Waals surface area contributed by atoms with Crippen molar-refractivity contribution in [2.45, 2.75) is 10.1 Å². The number of sulfone groups is 1. The maximum Gasteiger partial charge on any atom is 0.272 e. The molecule has 0 N–H and O–H groups in total. The van der Waals surface area contributed by atoms with Crippen LogP contribution in [0.2, 0.25) is 5.02 Å². The second-order valence-corrected chi connectivity index (χ2v) is 6.76. The number of nitro groups is 1. The van der Waals surface area contributed by atoms with Crippen molar-refractivity contribution in [2.75, 3.05) is 0 Å². The van der Waals surface area contributed by atoms with Gasteiger partial charge in [-0.1, -0.05) is 11.6 Å². The minimum Gasteiger partial charge on any atom is -0.258 e. The highest BCUT2D eigenvalue weighted by atomic mass is 35.5. The largest absolute Gasteiger partial charge is 0.272 e. The first-order chi connectivity index (χ1) is 10.9. The quantitative estimate of drug-likeness (QED) is 0.526. The summed E-state index contributed by atoms with van der Waals surface area (Å²) in [6.07, 6.45) is 0. The van der Waals surface area contributed by atoms with Crippen LogP contribution in [0.15, 0.2) is 52.5 Å². The molecule has 0 aliphatic rings. The van der Waals surface area contributed by atoms with Crippen LogP contribution in [0.4, 0.5) is 5.69 Å². The van der Waals surface area contributed by atoms with Crippen LogP contribution >= 0.6 is 11.6 Å². The number of aromatic nitrogens is 3. The summed E-state index contributed by atoms with van der Waals surface area (Å²) in [7, 11) is -4.02.